The van der Waals surface area contributed by atoms with E-state index in [-0.39, 0.29) is 0 Å². The van der Waals surface area contributed by atoms with Crippen molar-refractivity contribution in [2.24, 2.45) is 11.8 Å². The SMILES string of the molecule is CC(C)CN(CC(C)C)C(=O)CN1CCN(C2CC2)CC1. The van der Waals surface area contributed by atoms with Gasteiger partial charge in [-0.15, -0.1) is 0 Å². The van der Waals surface area contributed by atoms with Crippen LogP contribution in [0.3, 0.4) is 0 Å². The maximum absolute atomic E-state index is 12.6. The van der Waals surface area contributed by atoms with Crippen LogP contribution < -0.4 is 0 Å². The van der Waals surface area contributed by atoms with Gasteiger partial charge in [0, 0.05) is 45.3 Å². The van der Waals surface area contributed by atoms with Gasteiger partial charge in [0.05, 0.1) is 6.54 Å². The van der Waals surface area contributed by atoms with Crippen molar-refractivity contribution in [1.82, 2.24) is 14.7 Å². The van der Waals surface area contributed by atoms with Gasteiger partial charge < -0.3 is 4.90 Å². The largest absolute Gasteiger partial charge is 0.341 e. The fraction of sp³-hybridized carbons (Fsp3) is 0.941. The predicted molar refractivity (Wildman–Crippen MR) is 87.3 cm³/mol. The van der Waals surface area contributed by atoms with Crippen LogP contribution in [0.5, 0.6) is 0 Å². The first-order valence-corrected chi connectivity index (χ1v) is 8.70. The first kappa shape index (κ1) is 16.8. The molecule has 0 unspecified atom stereocenters. The van der Waals surface area contributed by atoms with Gasteiger partial charge in [-0.3, -0.25) is 14.6 Å². The number of rotatable bonds is 7. The number of hydrogen-bond acceptors (Lipinski definition) is 3. The molecule has 1 saturated carbocycles. The molecule has 0 N–H and O–H groups in total. The molecule has 4 nitrogen and oxygen atoms in total. The van der Waals surface area contributed by atoms with Gasteiger partial charge in [-0.2, -0.15) is 0 Å². The summed E-state index contributed by atoms with van der Waals surface area (Å²) in [4.78, 5) is 19.6. The van der Waals surface area contributed by atoms with Gasteiger partial charge in [0.15, 0.2) is 0 Å². The number of amides is 1. The smallest absolute Gasteiger partial charge is 0.236 e. The van der Waals surface area contributed by atoms with Gasteiger partial charge in [0.1, 0.15) is 0 Å². The average Bonchev–Trinajstić information content (AvgIpc) is 3.22. The Labute approximate surface area is 130 Å². The Morgan fingerprint density at radius 2 is 1.52 bits per heavy atom. The van der Waals surface area contributed by atoms with Crippen LogP contribution in [-0.4, -0.2) is 72.5 Å². The van der Waals surface area contributed by atoms with Gasteiger partial charge in [-0.25, -0.2) is 0 Å². The highest BCUT2D eigenvalue weighted by Gasteiger charge is 2.31. The minimum absolute atomic E-state index is 0.317. The van der Waals surface area contributed by atoms with Crippen molar-refractivity contribution in [3.63, 3.8) is 0 Å². The molecule has 0 spiro atoms. The highest BCUT2D eigenvalue weighted by atomic mass is 16.2. The molecule has 2 aliphatic rings. The highest BCUT2D eigenvalue weighted by molar-refractivity contribution is 5.78. The van der Waals surface area contributed by atoms with Gasteiger partial charge in [-0.1, -0.05) is 27.7 Å². The predicted octanol–water partition coefficient (Wildman–Crippen LogP) is 1.91. The molecule has 0 aromatic carbocycles. The van der Waals surface area contributed by atoms with Crippen molar-refractivity contribution < 1.29 is 4.79 Å². The zero-order valence-electron chi connectivity index (χ0n) is 14.3. The molecule has 122 valence electrons. The lowest BCUT2D eigenvalue weighted by molar-refractivity contribution is -0.134. The van der Waals surface area contributed by atoms with Crippen LogP contribution in [0.2, 0.25) is 0 Å². The Kier molecular flexibility index (Phi) is 6.06. The highest BCUT2D eigenvalue weighted by Crippen LogP contribution is 2.27. The zero-order chi connectivity index (χ0) is 15.4. The maximum atomic E-state index is 12.6. The van der Waals surface area contributed by atoms with E-state index in [0.717, 1.165) is 45.3 Å². The lowest BCUT2D eigenvalue weighted by Crippen LogP contribution is -2.51. The zero-order valence-corrected chi connectivity index (χ0v) is 14.3. The molecule has 2 fully saturated rings. The van der Waals surface area contributed by atoms with Crippen LogP contribution in [0.25, 0.3) is 0 Å². The van der Waals surface area contributed by atoms with Crippen LogP contribution in [0.15, 0.2) is 0 Å². The van der Waals surface area contributed by atoms with E-state index in [2.05, 4.69) is 42.4 Å². The summed E-state index contributed by atoms with van der Waals surface area (Å²) in [5.74, 6) is 1.40. The summed E-state index contributed by atoms with van der Waals surface area (Å²) in [6.07, 6.45) is 2.77. The van der Waals surface area contributed by atoms with Crippen molar-refractivity contribution in [3.05, 3.63) is 0 Å². The molecule has 1 saturated heterocycles. The summed E-state index contributed by atoms with van der Waals surface area (Å²) in [6, 6.07) is 0.862. The van der Waals surface area contributed by atoms with E-state index in [1.165, 1.54) is 12.8 Å². The fourth-order valence-corrected chi connectivity index (χ4v) is 3.18. The number of hydrogen-bond donors (Lipinski definition) is 0. The van der Waals surface area contributed by atoms with Crippen molar-refractivity contribution in [2.45, 2.75) is 46.6 Å². The van der Waals surface area contributed by atoms with E-state index in [9.17, 15) is 4.79 Å². The Bertz CT molecular complexity index is 321. The molecule has 1 aliphatic heterocycles. The number of carbonyl (C=O) groups is 1. The minimum Gasteiger partial charge on any atom is -0.341 e. The van der Waals surface area contributed by atoms with E-state index in [1.54, 1.807) is 0 Å². The summed E-state index contributed by atoms with van der Waals surface area (Å²) in [7, 11) is 0. The van der Waals surface area contributed by atoms with E-state index >= 15 is 0 Å². The standard InChI is InChI=1S/C17H33N3O/c1-14(2)11-20(12-15(3)4)17(21)13-18-7-9-19(10-8-18)16-5-6-16/h14-16H,5-13H2,1-4H3. The molecule has 1 heterocycles. The van der Waals surface area contributed by atoms with Crippen LogP contribution in [0.1, 0.15) is 40.5 Å². The summed E-state index contributed by atoms with van der Waals surface area (Å²) in [6.45, 7) is 15.5. The second kappa shape index (κ2) is 7.59. The fourth-order valence-electron chi connectivity index (χ4n) is 3.18. The Hall–Kier alpha value is -0.610. The van der Waals surface area contributed by atoms with E-state index in [0.29, 0.717) is 24.3 Å². The van der Waals surface area contributed by atoms with Crippen LogP contribution in [0.4, 0.5) is 0 Å². The topological polar surface area (TPSA) is 26.8 Å². The second-order valence-electron chi connectivity index (χ2n) is 7.63. The lowest BCUT2D eigenvalue weighted by atomic mass is 10.1. The summed E-state index contributed by atoms with van der Waals surface area (Å²) in [5, 5.41) is 0. The summed E-state index contributed by atoms with van der Waals surface area (Å²) < 4.78 is 0. The average molecular weight is 295 g/mol. The summed E-state index contributed by atoms with van der Waals surface area (Å²) >= 11 is 0. The molecular formula is C17H33N3O. The van der Waals surface area contributed by atoms with Gasteiger partial charge in [-0.05, 0) is 24.7 Å². The molecule has 0 bridgehead atoms. The third kappa shape index (κ3) is 5.59. The number of carbonyl (C=O) groups excluding carboxylic acids is 1. The van der Waals surface area contributed by atoms with Gasteiger partial charge in [0.2, 0.25) is 5.91 Å². The van der Waals surface area contributed by atoms with Crippen molar-refractivity contribution in [1.29, 1.82) is 0 Å². The first-order valence-electron chi connectivity index (χ1n) is 8.70. The Morgan fingerprint density at radius 3 is 1.95 bits per heavy atom. The molecule has 0 aromatic heterocycles. The van der Waals surface area contributed by atoms with Crippen LogP contribution in [-0.2, 0) is 4.79 Å². The minimum atomic E-state index is 0.317. The molecule has 0 atom stereocenters. The number of nitrogens with zero attached hydrogens (tertiary/aromatic N) is 3. The molecule has 21 heavy (non-hydrogen) atoms. The first-order chi connectivity index (χ1) is 9.95. The van der Waals surface area contributed by atoms with E-state index in [4.69, 9.17) is 0 Å². The quantitative estimate of drug-likeness (QED) is 0.718. The molecule has 1 aliphatic carbocycles. The van der Waals surface area contributed by atoms with Gasteiger partial charge >= 0.3 is 0 Å². The van der Waals surface area contributed by atoms with Gasteiger partial charge in [0.25, 0.3) is 0 Å². The lowest BCUT2D eigenvalue weighted by Gasteiger charge is -2.36. The Balaban J connectivity index is 1.77. The van der Waals surface area contributed by atoms with Crippen molar-refractivity contribution in [3.8, 4) is 0 Å². The molecule has 2 rings (SSSR count). The molecular weight excluding hydrogens is 262 g/mol. The number of piperazine rings is 1. The monoisotopic (exact) mass is 295 g/mol. The third-order valence-corrected chi connectivity index (χ3v) is 4.35. The van der Waals surface area contributed by atoms with Crippen molar-refractivity contribution >= 4 is 5.91 Å². The van der Waals surface area contributed by atoms with Crippen LogP contribution in [0, 0.1) is 11.8 Å². The van der Waals surface area contributed by atoms with E-state index < -0.39 is 0 Å². The maximum Gasteiger partial charge on any atom is 0.236 e. The Morgan fingerprint density at radius 1 is 1.00 bits per heavy atom. The third-order valence-electron chi connectivity index (χ3n) is 4.35. The van der Waals surface area contributed by atoms with E-state index in [1.807, 2.05) is 0 Å². The summed E-state index contributed by atoms with van der Waals surface area (Å²) in [5.41, 5.74) is 0. The molecule has 1 amide bonds. The molecule has 0 aromatic rings. The molecule has 4 heteroatoms. The van der Waals surface area contributed by atoms with Crippen LogP contribution >= 0.6 is 0 Å². The van der Waals surface area contributed by atoms with Crippen molar-refractivity contribution in [2.75, 3.05) is 45.8 Å². The molecule has 0 radical (unpaired) electrons. The second-order valence-corrected chi connectivity index (χ2v) is 7.63. The normalized spacial score (nSPS) is 21.2.